The third kappa shape index (κ3) is 4.91. The molecular formula is C28H32N2O4. The zero-order chi connectivity index (χ0) is 24.9. The van der Waals surface area contributed by atoms with Gasteiger partial charge in [-0.15, -0.1) is 0 Å². The maximum atomic E-state index is 11.8. The predicted molar refractivity (Wildman–Crippen MR) is 137 cm³/mol. The van der Waals surface area contributed by atoms with Crippen LogP contribution in [0.4, 0.5) is 11.4 Å². The van der Waals surface area contributed by atoms with Gasteiger partial charge in [0.2, 0.25) is 0 Å². The molecule has 6 heteroatoms. The van der Waals surface area contributed by atoms with Gasteiger partial charge in [0, 0.05) is 11.5 Å². The Morgan fingerprint density at radius 3 is 2.24 bits per heavy atom. The molecule has 2 aromatic rings. The molecule has 1 saturated carbocycles. The van der Waals surface area contributed by atoms with Crippen LogP contribution in [0.15, 0.2) is 71.8 Å². The summed E-state index contributed by atoms with van der Waals surface area (Å²) >= 11 is 0. The summed E-state index contributed by atoms with van der Waals surface area (Å²) in [6.45, 7) is 3.66. The SMILES string of the molecule is CCC1=CC=C(C(=O)O)C(C)C1(C(=O)O)C1CC1.Nc1cccc(C=Cc2ccccc2)c1N. The summed E-state index contributed by atoms with van der Waals surface area (Å²) in [4.78, 5) is 23.1. The Morgan fingerprint density at radius 1 is 1.00 bits per heavy atom. The smallest absolute Gasteiger partial charge is 0.331 e. The second kappa shape index (κ2) is 10.4. The number of para-hydroxylation sites is 1. The van der Waals surface area contributed by atoms with Gasteiger partial charge in [0.05, 0.1) is 16.8 Å². The monoisotopic (exact) mass is 460 g/mol. The van der Waals surface area contributed by atoms with Crippen molar-refractivity contribution in [2.24, 2.45) is 17.3 Å². The van der Waals surface area contributed by atoms with Crippen molar-refractivity contribution in [1.29, 1.82) is 0 Å². The zero-order valence-corrected chi connectivity index (χ0v) is 19.6. The molecule has 0 radical (unpaired) electrons. The van der Waals surface area contributed by atoms with Crippen LogP contribution in [-0.4, -0.2) is 22.2 Å². The van der Waals surface area contributed by atoms with E-state index in [2.05, 4.69) is 0 Å². The van der Waals surface area contributed by atoms with E-state index in [1.54, 1.807) is 25.1 Å². The molecule has 178 valence electrons. The minimum Gasteiger partial charge on any atom is -0.481 e. The van der Waals surface area contributed by atoms with Crippen molar-refractivity contribution in [2.45, 2.75) is 33.1 Å². The topological polar surface area (TPSA) is 127 Å². The highest BCUT2D eigenvalue weighted by Gasteiger charge is 2.58. The number of aliphatic carboxylic acids is 2. The van der Waals surface area contributed by atoms with Crippen LogP contribution >= 0.6 is 0 Å². The van der Waals surface area contributed by atoms with Gasteiger partial charge in [-0.3, -0.25) is 4.79 Å². The maximum absolute atomic E-state index is 11.8. The Hall–Kier alpha value is -3.80. The van der Waals surface area contributed by atoms with Gasteiger partial charge in [0.1, 0.15) is 0 Å². The molecule has 2 aromatic carbocycles. The number of anilines is 2. The Labute approximate surface area is 200 Å². The Kier molecular flexibility index (Phi) is 7.61. The van der Waals surface area contributed by atoms with Crippen LogP contribution in [0.1, 0.15) is 44.2 Å². The van der Waals surface area contributed by atoms with E-state index >= 15 is 0 Å². The molecule has 0 spiro atoms. The largest absolute Gasteiger partial charge is 0.481 e. The van der Waals surface area contributed by atoms with Crippen molar-refractivity contribution in [1.82, 2.24) is 0 Å². The Morgan fingerprint density at radius 2 is 1.68 bits per heavy atom. The van der Waals surface area contributed by atoms with Crippen molar-refractivity contribution in [3.63, 3.8) is 0 Å². The van der Waals surface area contributed by atoms with E-state index in [1.807, 2.05) is 61.5 Å². The fraction of sp³-hybridized carbons (Fsp3) is 0.286. The third-order valence-corrected chi connectivity index (χ3v) is 6.78. The zero-order valence-electron chi connectivity index (χ0n) is 19.6. The van der Waals surface area contributed by atoms with Crippen LogP contribution < -0.4 is 11.5 Å². The number of carbonyl (C=O) groups is 2. The van der Waals surface area contributed by atoms with E-state index in [9.17, 15) is 19.8 Å². The van der Waals surface area contributed by atoms with E-state index in [-0.39, 0.29) is 11.5 Å². The lowest BCUT2D eigenvalue weighted by Crippen LogP contribution is -2.44. The van der Waals surface area contributed by atoms with E-state index in [1.165, 1.54) is 0 Å². The normalized spacial score (nSPS) is 21.8. The molecule has 34 heavy (non-hydrogen) atoms. The molecule has 2 atom stereocenters. The first-order chi connectivity index (χ1) is 16.2. The predicted octanol–water partition coefficient (Wildman–Crippen LogP) is 5.49. The highest BCUT2D eigenvalue weighted by atomic mass is 16.4. The number of hydrogen-bond donors (Lipinski definition) is 4. The first kappa shape index (κ1) is 24.8. The second-order valence-electron chi connectivity index (χ2n) is 8.74. The lowest BCUT2D eigenvalue weighted by molar-refractivity contribution is -0.151. The summed E-state index contributed by atoms with van der Waals surface area (Å²) in [5.74, 6) is -2.28. The van der Waals surface area contributed by atoms with Crippen LogP contribution in [0, 0.1) is 17.3 Å². The molecule has 0 aromatic heterocycles. The van der Waals surface area contributed by atoms with Gasteiger partial charge < -0.3 is 21.7 Å². The fourth-order valence-corrected chi connectivity index (χ4v) is 4.81. The molecular weight excluding hydrogens is 428 g/mol. The Bertz CT molecular complexity index is 1150. The highest BCUT2D eigenvalue weighted by Crippen LogP contribution is 2.58. The number of allylic oxidation sites excluding steroid dienone is 2. The molecule has 1 fully saturated rings. The van der Waals surface area contributed by atoms with Gasteiger partial charge in [-0.05, 0) is 42.4 Å². The summed E-state index contributed by atoms with van der Waals surface area (Å²) in [5, 5.41) is 18.9. The summed E-state index contributed by atoms with van der Waals surface area (Å²) in [6, 6.07) is 15.7. The molecule has 0 amide bonds. The summed E-state index contributed by atoms with van der Waals surface area (Å²) < 4.78 is 0. The van der Waals surface area contributed by atoms with E-state index in [0.29, 0.717) is 17.8 Å². The number of benzene rings is 2. The van der Waals surface area contributed by atoms with Crippen LogP contribution in [0.3, 0.4) is 0 Å². The van der Waals surface area contributed by atoms with Gasteiger partial charge >= 0.3 is 11.9 Å². The van der Waals surface area contributed by atoms with Crippen molar-refractivity contribution in [2.75, 3.05) is 11.5 Å². The number of carboxylic acid groups (broad SMARTS) is 2. The lowest BCUT2D eigenvalue weighted by atomic mass is 9.61. The molecule has 4 rings (SSSR count). The minimum absolute atomic E-state index is 0.0826. The number of nitrogen functional groups attached to an aromatic ring is 2. The first-order valence-electron chi connectivity index (χ1n) is 11.5. The summed E-state index contributed by atoms with van der Waals surface area (Å²) in [6.07, 6.45) is 9.66. The summed E-state index contributed by atoms with van der Waals surface area (Å²) in [5.41, 5.74) is 15.0. The molecule has 0 bridgehead atoms. The van der Waals surface area contributed by atoms with Crippen molar-refractivity contribution in [3.05, 3.63) is 83.0 Å². The lowest BCUT2D eigenvalue weighted by Gasteiger charge is -2.40. The maximum Gasteiger partial charge on any atom is 0.331 e. The first-order valence-corrected chi connectivity index (χ1v) is 11.5. The molecule has 0 saturated heterocycles. The van der Waals surface area contributed by atoms with Crippen LogP contribution in [0.2, 0.25) is 0 Å². The number of nitrogens with two attached hydrogens (primary N) is 2. The number of hydrogen-bond acceptors (Lipinski definition) is 4. The van der Waals surface area contributed by atoms with Crippen LogP contribution in [0.25, 0.3) is 12.2 Å². The van der Waals surface area contributed by atoms with Crippen LogP contribution in [-0.2, 0) is 9.59 Å². The van der Waals surface area contributed by atoms with Crippen LogP contribution in [0.5, 0.6) is 0 Å². The number of carboxylic acids is 2. The quantitative estimate of drug-likeness (QED) is 0.334. The molecule has 2 aliphatic rings. The molecule has 0 aliphatic heterocycles. The van der Waals surface area contributed by atoms with Gasteiger partial charge in [0.25, 0.3) is 0 Å². The van der Waals surface area contributed by atoms with Gasteiger partial charge in [-0.25, -0.2) is 4.79 Å². The van der Waals surface area contributed by atoms with E-state index < -0.39 is 23.3 Å². The van der Waals surface area contributed by atoms with Gasteiger partial charge in [-0.1, -0.05) is 86.2 Å². The van der Waals surface area contributed by atoms with Gasteiger partial charge in [-0.2, -0.15) is 0 Å². The Balaban J connectivity index is 0.000000192. The standard InChI is InChI=1S/C14H14N2.C14H18O4/c15-13-8-4-7-12(14(13)16)10-9-11-5-2-1-3-6-11;1-3-9-6-7-11(12(15)16)8(2)14(9,13(17)18)10-4-5-10/h1-10H,15-16H2;6-8,10H,3-5H2,1-2H3,(H,15,16)(H,17,18). The minimum atomic E-state index is -1.01. The summed E-state index contributed by atoms with van der Waals surface area (Å²) in [7, 11) is 0. The molecule has 6 nitrogen and oxygen atoms in total. The highest BCUT2D eigenvalue weighted by molar-refractivity contribution is 5.92. The number of rotatable bonds is 6. The fourth-order valence-electron chi connectivity index (χ4n) is 4.81. The molecule has 0 heterocycles. The van der Waals surface area contributed by atoms with E-state index in [0.717, 1.165) is 29.5 Å². The van der Waals surface area contributed by atoms with Gasteiger partial charge in [0.15, 0.2) is 0 Å². The van der Waals surface area contributed by atoms with Crippen molar-refractivity contribution < 1.29 is 19.8 Å². The van der Waals surface area contributed by atoms with E-state index in [4.69, 9.17) is 11.5 Å². The molecule has 2 aliphatic carbocycles. The average Bonchev–Trinajstić information content (AvgIpc) is 3.66. The average molecular weight is 461 g/mol. The molecule has 6 N–H and O–H groups in total. The second-order valence-corrected chi connectivity index (χ2v) is 8.74. The molecule has 2 unspecified atom stereocenters. The van der Waals surface area contributed by atoms with Crippen molar-refractivity contribution in [3.8, 4) is 0 Å². The third-order valence-electron chi connectivity index (χ3n) is 6.78. The van der Waals surface area contributed by atoms with Crippen molar-refractivity contribution >= 4 is 35.5 Å².